The average Bonchev–Trinajstić information content (AvgIpc) is 3.60. The zero-order valence-electron chi connectivity index (χ0n) is 24.4. The number of hydrogen-bond acceptors (Lipinski definition) is 10. The number of methoxy groups -OCH3 is 2. The van der Waals surface area contributed by atoms with E-state index in [1.165, 1.54) is 0 Å². The minimum Gasteiger partial charge on any atom is -0.494 e. The van der Waals surface area contributed by atoms with Crippen molar-refractivity contribution in [3.8, 4) is 22.7 Å². The van der Waals surface area contributed by atoms with Crippen LogP contribution in [0.3, 0.4) is 0 Å². The van der Waals surface area contributed by atoms with E-state index in [2.05, 4.69) is 25.0 Å². The lowest BCUT2D eigenvalue weighted by molar-refractivity contribution is 0.122. The number of nitrogens with one attached hydrogen (secondary N) is 2. The SMILES string of the molecule is COCCN1CCC(CNc2nn(-c3ccc(NS(C)(=O)=O)cc3OC)c3cc(-c4cnn5cccnc45)ncc23)CC1. The van der Waals surface area contributed by atoms with Crippen molar-refractivity contribution < 1.29 is 17.9 Å². The first-order valence-electron chi connectivity index (χ1n) is 14.1. The van der Waals surface area contributed by atoms with Gasteiger partial charge in [-0.3, -0.25) is 9.71 Å². The maximum Gasteiger partial charge on any atom is 0.229 e. The van der Waals surface area contributed by atoms with E-state index >= 15 is 0 Å². The molecule has 0 saturated carbocycles. The van der Waals surface area contributed by atoms with Gasteiger partial charge >= 0.3 is 0 Å². The van der Waals surface area contributed by atoms with Gasteiger partial charge in [0.05, 0.1) is 54.0 Å². The van der Waals surface area contributed by atoms with Gasteiger partial charge in [-0.1, -0.05) is 0 Å². The highest BCUT2D eigenvalue weighted by Gasteiger charge is 2.22. The molecule has 0 atom stereocenters. The number of piperidine rings is 1. The fourth-order valence-electron chi connectivity index (χ4n) is 5.49. The number of ether oxygens (including phenoxy) is 2. The van der Waals surface area contributed by atoms with Crippen LogP contribution in [0.4, 0.5) is 11.5 Å². The third kappa shape index (κ3) is 6.26. The van der Waals surface area contributed by atoms with Crippen LogP contribution >= 0.6 is 0 Å². The van der Waals surface area contributed by atoms with Crippen molar-refractivity contribution in [1.82, 2.24) is 34.3 Å². The summed E-state index contributed by atoms with van der Waals surface area (Å²) in [4.78, 5) is 11.7. The zero-order chi connectivity index (χ0) is 30.0. The van der Waals surface area contributed by atoms with Crippen LogP contribution in [0, 0.1) is 5.92 Å². The lowest BCUT2D eigenvalue weighted by Gasteiger charge is -2.31. The van der Waals surface area contributed by atoms with Crippen molar-refractivity contribution in [2.24, 2.45) is 5.92 Å². The van der Waals surface area contributed by atoms with Crippen molar-refractivity contribution in [2.75, 3.05) is 63.3 Å². The summed E-state index contributed by atoms with van der Waals surface area (Å²) in [5.41, 5.74) is 4.05. The second kappa shape index (κ2) is 12.1. The molecule has 1 aromatic carbocycles. The predicted molar refractivity (Wildman–Crippen MR) is 165 cm³/mol. The Kier molecular flexibility index (Phi) is 8.15. The summed E-state index contributed by atoms with van der Waals surface area (Å²) >= 11 is 0. The summed E-state index contributed by atoms with van der Waals surface area (Å²) in [7, 11) is -0.169. The molecule has 0 unspecified atom stereocenters. The van der Waals surface area contributed by atoms with Gasteiger partial charge in [0.1, 0.15) is 11.4 Å². The summed E-state index contributed by atoms with van der Waals surface area (Å²) in [6.45, 7) is 4.60. The summed E-state index contributed by atoms with van der Waals surface area (Å²) in [5, 5.41) is 13.8. The van der Waals surface area contributed by atoms with E-state index in [1.54, 1.807) is 54.0 Å². The Hall–Kier alpha value is -4.27. The summed E-state index contributed by atoms with van der Waals surface area (Å²) < 4.78 is 40.6. The third-order valence-corrected chi connectivity index (χ3v) is 8.32. The Labute approximate surface area is 249 Å². The molecule has 0 aliphatic carbocycles. The number of hydrogen-bond donors (Lipinski definition) is 2. The van der Waals surface area contributed by atoms with Crippen molar-refractivity contribution in [3.63, 3.8) is 0 Å². The van der Waals surface area contributed by atoms with Crippen molar-refractivity contribution in [2.45, 2.75) is 12.8 Å². The van der Waals surface area contributed by atoms with Crippen LogP contribution in [0.2, 0.25) is 0 Å². The number of likely N-dealkylation sites (tertiary alicyclic amines) is 1. The van der Waals surface area contributed by atoms with Crippen molar-refractivity contribution in [1.29, 1.82) is 0 Å². The van der Waals surface area contributed by atoms with Crippen LogP contribution in [-0.2, 0) is 14.8 Å². The molecule has 43 heavy (non-hydrogen) atoms. The van der Waals surface area contributed by atoms with Gasteiger partial charge in [-0.05, 0) is 56.1 Å². The van der Waals surface area contributed by atoms with Crippen molar-refractivity contribution >= 4 is 38.1 Å². The quantitative estimate of drug-likeness (QED) is 0.230. The highest BCUT2D eigenvalue weighted by atomic mass is 32.2. The summed E-state index contributed by atoms with van der Waals surface area (Å²) in [6, 6.07) is 8.91. The van der Waals surface area contributed by atoms with E-state index in [1.807, 2.05) is 24.5 Å². The highest BCUT2D eigenvalue weighted by Crippen LogP contribution is 2.34. The van der Waals surface area contributed by atoms with Gasteiger partial charge in [-0.2, -0.15) is 5.10 Å². The first kappa shape index (κ1) is 28.8. The molecule has 14 heteroatoms. The Bertz CT molecular complexity index is 1850. The van der Waals surface area contributed by atoms with E-state index in [0.717, 1.165) is 68.3 Å². The number of sulfonamides is 1. The largest absolute Gasteiger partial charge is 0.494 e. The number of pyridine rings is 1. The molecule has 5 aromatic rings. The minimum atomic E-state index is -3.45. The van der Waals surface area contributed by atoms with Crippen LogP contribution in [0.5, 0.6) is 5.75 Å². The third-order valence-electron chi connectivity index (χ3n) is 7.71. The molecule has 0 radical (unpaired) electrons. The second-order valence-corrected chi connectivity index (χ2v) is 12.5. The van der Waals surface area contributed by atoms with E-state index in [-0.39, 0.29) is 0 Å². The molecule has 1 aliphatic heterocycles. The van der Waals surface area contributed by atoms with Crippen LogP contribution in [0.15, 0.2) is 55.1 Å². The molecular formula is C29H35N9O4S. The lowest BCUT2D eigenvalue weighted by Crippen LogP contribution is -2.37. The fraction of sp³-hybridized carbons (Fsp3) is 0.379. The number of nitrogens with zero attached hydrogens (tertiary/aromatic N) is 7. The molecule has 5 heterocycles. The lowest BCUT2D eigenvalue weighted by atomic mass is 9.97. The maximum atomic E-state index is 11.8. The topological polar surface area (TPSA) is 141 Å². The molecule has 2 N–H and O–H groups in total. The van der Waals surface area contributed by atoms with Crippen LogP contribution in [0.25, 0.3) is 33.5 Å². The normalized spacial score (nSPS) is 14.9. The number of rotatable bonds is 11. The van der Waals surface area contributed by atoms with E-state index in [0.29, 0.717) is 40.2 Å². The number of fused-ring (bicyclic) bond motifs is 2. The fourth-order valence-corrected chi connectivity index (χ4v) is 6.04. The molecule has 4 aromatic heterocycles. The maximum absolute atomic E-state index is 11.8. The van der Waals surface area contributed by atoms with Gasteiger partial charge in [0, 0.05) is 44.9 Å². The van der Waals surface area contributed by atoms with Crippen molar-refractivity contribution in [3.05, 3.63) is 55.1 Å². The molecule has 1 aliphatic rings. The summed E-state index contributed by atoms with van der Waals surface area (Å²) in [6.07, 6.45) is 10.5. The van der Waals surface area contributed by atoms with Crippen LogP contribution < -0.4 is 14.8 Å². The predicted octanol–water partition coefficient (Wildman–Crippen LogP) is 3.28. The molecule has 1 saturated heterocycles. The minimum absolute atomic E-state index is 0.398. The van der Waals surface area contributed by atoms with Gasteiger partial charge in [0.25, 0.3) is 0 Å². The van der Waals surface area contributed by atoms with Gasteiger partial charge in [0.2, 0.25) is 10.0 Å². The average molecular weight is 606 g/mol. The molecule has 226 valence electrons. The molecule has 0 spiro atoms. The Balaban J connectivity index is 1.36. The Morgan fingerprint density at radius 2 is 1.93 bits per heavy atom. The number of benzene rings is 1. The monoisotopic (exact) mass is 605 g/mol. The molecular weight excluding hydrogens is 570 g/mol. The summed E-state index contributed by atoms with van der Waals surface area (Å²) in [5.74, 6) is 1.70. The van der Waals surface area contributed by atoms with Gasteiger partial charge in [-0.25, -0.2) is 22.6 Å². The van der Waals surface area contributed by atoms with Gasteiger partial charge in [-0.15, -0.1) is 5.10 Å². The first-order valence-corrected chi connectivity index (χ1v) is 16.0. The van der Waals surface area contributed by atoms with E-state index < -0.39 is 10.0 Å². The van der Waals surface area contributed by atoms with Crippen LogP contribution in [-0.4, -0.2) is 95.9 Å². The Morgan fingerprint density at radius 1 is 1.09 bits per heavy atom. The van der Waals surface area contributed by atoms with Crippen LogP contribution in [0.1, 0.15) is 12.8 Å². The molecule has 6 rings (SSSR count). The van der Waals surface area contributed by atoms with Gasteiger partial charge < -0.3 is 19.7 Å². The number of anilines is 2. The number of aromatic nitrogens is 6. The standard InChI is InChI=1S/C29H35N9O4S/c1-41-14-13-36-11-7-20(8-12-36)17-32-28-23-18-31-24(22-19-33-37-10-4-9-30-29(22)37)16-26(23)38(34-28)25-6-5-21(15-27(25)42-2)35-43(3,39)40/h4-6,9-10,15-16,18-20,35H,7-8,11-14,17H2,1-3H3,(H,32,34). The molecule has 0 amide bonds. The molecule has 13 nitrogen and oxygen atoms in total. The van der Waals surface area contributed by atoms with E-state index in [4.69, 9.17) is 19.6 Å². The molecule has 1 fully saturated rings. The van der Waals surface area contributed by atoms with Gasteiger partial charge in [0.15, 0.2) is 11.5 Å². The highest BCUT2D eigenvalue weighted by molar-refractivity contribution is 7.92. The first-order chi connectivity index (χ1) is 20.8. The van der Waals surface area contributed by atoms with E-state index in [9.17, 15) is 8.42 Å². The molecule has 0 bridgehead atoms. The zero-order valence-corrected chi connectivity index (χ0v) is 25.2. The Morgan fingerprint density at radius 3 is 2.70 bits per heavy atom. The smallest absolute Gasteiger partial charge is 0.229 e. The second-order valence-electron chi connectivity index (χ2n) is 10.7.